The van der Waals surface area contributed by atoms with Crippen molar-refractivity contribution in [3.8, 4) is 0 Å². The van der Waals surface area contributed by atoms with Crippen LogP contribution in [0.25, 0.3) is 0 Å². The molecule has 0 saturated carbocycles. The number of nitrogens with one attached hydrogen (secondary N) is 1. The summed E-state index contributed by atoms with van der Waals surface area (Å²) in [6.07, 6.45) is -0.227. The fourth-order valence-corrected chi connectivity index (χ4v) is 2.15. The molecule has 1 rings (SSSR count). The lowest BCUT2D eigenvalue weighted by molar-refractivity contribution is -0.152. The van der Waals surface area contributed by atoms with E-state index >= 15 is 0 Å². The zero-order valence-electron chi connectivity index (χ0n) is 12.3. The molecule has 6 nitrogen and oxygen atoms in total. The van der Waals surface area contributed by atoms with Crippen molar-refractivity contribution in [2.45, 2.75) is 39.0 Å². The van der Waals surface area contributed by atoms with Crippen molar-refractivity contribution in [1.82, 2.24) is 10.2 Å². The number of methoxy groups -OCH3 is 2. The largest absolute Gasteiger partial charge is 0.382 e. The monoisotopic (exact) mass is 272 g/mol. The molecule has 2 amide bonds. The van der Waals surface area contributed by atoms with Gasteiger partial charge in [-0.2, -0.15) is 0 Å². The molecule has 1 aliphatic rings. The lowest BCUT2D eigenvalue weighted by atomic mass is 9.98. The van der Waals surface area contributed by atoms with Crippen LogP contribution in [0.4, 0.5) is 0 Å². The summed E-state index contributed by atoms with van der Waals surface area (Å²) in [5.74, 6) is -0.110. The second kappa shape index (κ2) is 6.86. The Morgan fingerprint density at radius 2 is 1.95 bits per heavy atom. The maximum absolute atomic E-state index is 12.4. The molecule has 1 N–H and O–H groups in total. The topological polar surface area (TPSA) is 67.9 Å². The minimum absolute atomic E-state index is 0.0553. The number of rotatable bonds is 6. The summed E-state index contributed by atoms with van der Waals surface area (Å²) in [6, 6.07) is -0.930. The van der Waals surface area contributed by atoms with Crippen LogP contribution in [0.2, 0.25) is 0 Å². The van der Waals surface area contributed by atoms with Crippen LogP contribution in [0.15, 0.2) is 0 Å². The van der Waals surface area contributed by atoms with Gasteiger partial charge in [-0.1, -0.05) is 13.8 Å². The van der Waals surface area contributed by atoms with E-state index in [4.69, 9.17) is 9.47 Å². The number of hydrogen-bond acceptors (Lipinski definition) is 4. The van der Waals surface area contributed by atoms with Gasteiger partial charge in [0.05, 0.1) is 12.7 Å². The van der Waals surface area contributed by atoms with Gasteiger partial charge in [-0.15, -0.1) is 0 Å². The van der Waals surface area contributed by atoms with Gasteiger partial charge in [0, 0.05) is 20.8 Å². The van der Waals surface area contributed by atoms with Gasteiger partial charge in [0.2, 0.25) is 11.8 Å². The Hall–Kier alpha value is -1.14. The van der Waals surface area contributed by atoms with Gasteiger partial charge >= 0.3 is 0 Å². The lowest BCUT2D eigenvalue weighted by Crippen LogP contribution is -2.65. The van der Waals surface area contributed by atoms with Gasteiger partial charge in [0.15, 0.2) is 0 Å². The van der Waals surface area contributed by atoms with Crippen LogP contribution in [0.5, 0.6) is 0 Å². The molecule has 0 bridgehead atoms. The highest BCUT2D eigenvalue weighted by atomic mass is 16.5. The Balaban J connectivity index is 2.82. The molecule has 3 atom stereocenters. The third kappa shape index (κ3) is 3.67. The van der Waals surface area contributed by atoms with E-state index in [2.05, 4.69) is 5.32 Å². The highest BCUT2D eigenvalue weighted by Crippen LogP contribution is 2.16. The van der Waals surface area contributed by atoms with Crippen molar-refractivity contribution in [2.24, 2.45) is 5.92 Å². The van der Waals surface area contributed by atoms with Crippen LogP contribution < -0.4 is 5.32 Å². The highest BCUT2D eigenvalue weighted by Gasteiger charge is 2.40. The SMILES string of the molecule is COCC(CN1C(=O)C(C(C)C)NC(=O)C1C)OC. The summed E-state index contributed by atoms with van der Waals surface area (Å²) in [5, 5.41) is 2.77. The molecule has 3 unspecified atom stereocenters. The van der Waals surface area contributed by atoms with E-state index in [9.17, 15) is 9.59 Å². The molecule has 0 radical (unpaired) electrons. The minimum atomic E-state index is -0.475. The van der Waals surface area contributed by atoms with Crippen molar-refractivity contribution >= 4 is 11.8 Å². The van der Waals surface area contributed by atoms with Gasteiger partial charge < -0.3 is 19.7 Å². The summed E-state index contributed by atoms with van der Waals surface area (Å²) in [6.45, 7) is 6.31. The molecule has 0 aromatic carbocycles. The molecule has 1 aliphatic heterocycles. The van der Waals surface area contributed by atoms with Crippen LogP contribution >= 0.6 is 0 Å². The number of hydrogen-bond donors (Lipinski definition) is 1. The van der Waals surface area contributed by atoms with E-state index in [1.807, 2.05) is 13.8 Å². The first-order valence-electron chi connectivity index (χ1n) is 6.55. The molecular formula is C13H24N2O4. The van der Waals surface area contributed by atoms with Crippen molar-refractivity contribution in [3.05, 3.63) is 0 Å². The minimum Gasteiger partial charge on any atom is -0.382 e. The Labute approximate surface area is 114 Å². The fraction of sp³-hybridized carbons (Fsp3) is 0.846. The van der Waals surface area contributed by atoms with Crippen molar-refractivity contribution in [1.29, 1.82) is 0 Å². The summed E-state index contributed by atoms with van der Waals surface area (Å²) in [5.41, 5.74) is 0. The zero-order chi connectivity index (χ0) is 14.6. The Kier molecular flexibility index (Phi) is 5.75. The third-order valence-electron chi connectivity index (χ3n) is 3.45. The molecule has 19 heavy (non-hydrogen) atoms. The molecule has 0 aliphatic carbocycles. The number of ether oxygens (including phenoxy) is 2. The average Bonchev–Trinajstić information content (AvgIpc) is 2.37. The summed E-state index contributed by atoms with van der Waals surface area (Å²) in [4.78, 5) is 25.9. The van der Waals surface area contributed by atoms with Crippen LogP contribution in [0.3, 0.4) is 0 Å². The number of carbonyl (C=O) groups excluding carboxylic acids is 2. The Morgan fingerprint density at radius 3 is 2.42 bits per heavy atom. The molecule has 1 saturated heterocycles. The van der Waals surface area contributed by atoms with E-state index in [1.54, 1.807) is 26.0 Å². The lowest BCUT2D eigenvalue weighted by Gasteiger charge is -2.40. The van der Waals surface area contributed by atoms with Crippen LogP contribution in [-0.4, -0.2) is 62.3 Å². The van der Waals surface area contributed by atoms with Crippen LogP contribution in [0, 0.1) is 5.92 Å². The van der Waals surface area contributed by atoms with E-state index in [0.29, 0.717) is 13.2 Å². The van der Waals surface area contributed by atoms with Crippen molar-refractivity contribution in [3.63, 3.8) is 0 Å². The van der Waals surface area contributed by atoms with Crippen molar-refractivity contribution in [2.75, 3.05) is 27.4 Å². The van der Waals surface area contributed by atoms with Crippen LogP contribution in [0.1, 0.15) is 20.8 Å². The Bertz CT molecular complexity index is 333. The van der Waals surface area contributed by atoms with E-state index in [-0.39, 0.29) is 23.8 Å². The highest BCUT2D eigenvalue weighted by molar-refractivity contribution is 5.96. The molecule has 0 aromatic heterocycles. The first-order chi connectivity index (χ1) is 8.92. The predicted molar refractivity (Wildman–Crippen MR) is 70.6 cm³/mol. The van der Waals surface area contributed by atoms with Crippen LogP contribution in [-0.2, 0) is 19.1 Å². The molecule has 6 heteroatoms. The van der Waals surface area contributed by atoms with Gasteiger partial charge in [0.1, 0.15) is 12.1 Å². The predicted octanol–water partition coefficient (Wildman–Crippen LogP) is 0.0193. The van der Waals surface area contributed by atoms with E-state index in [0.717, 1.165) is 0 Å². The second-order valence-corrected chi connectivity index (χ2v) is 5.21. The smallest absolute Gasteiger partial charge is 0.246 e. The quantitative estimate of drug-likeness (QED) is 0.740. The fourth-order valence-electron chi connectivity index (χ4n) is 2.15. The van der Waals surface area contributed by atoms with Gasteiger partial charge in [-0.25, -0.2) is 0 Å². The molecule has 0 aromatic rings. The first kappa shape index (κ1) is 15.9. The standard InChI is InChI=1S/C13H24N2O4/c1-8(2)11-13(17)15(9(3)12(16)14-11)6-10(19-5)7-18-4/h8-11H,6-7H2,1-5H3,(H,14,16). The second-order valence-electron chi connectivity index (χ2n) is 5.21. The number of carbonyl (C=O) groups is 2. The number of piperazine rings is 1. The van der Waals surface area contributed by atoms with Crippen molar-refractivity contribution < 1.29 is 19.1 Å². The summed E-state index contributed by atoms with van der Waals surface area (Å²) < 4.78 is 10.3. The average molecular weight is 272 g/mol. The van der Waals surface area contributed by atoms with E-state index in [1.165, 1.54) is 0 Å². The summed E-state index contributed by atoms with van der Waals surface area (Å²) in [7, 11) is 3.15. The first-order valence-corrected chi connectivity index (χ1v) is 6.55. The van der Waals surface area contributed by atoms with Gasteiger partial charge in [-0.05, 0) is 12.8 Å². The molecular weight excluding hydrogens is 248 g/mol. The molecule has 110 valence electrons. The number of amides is 2. The zero-order valence-corrected chi connectivity index (χ0v) is 12.3. The van der Waals surface area contributed by atoms with Gasteiger partial charge in [-0.3, -0.25) is 9.59 Å². The number of nitrogens with zero attached hydrogens (tertiary/aromatic N) is 1. The van der Waals surface area contributed by atoms with Gasteiger partial charge in [0.25, 0.3) is 0 Å². The molecule has 1 heterocycles. The third-order valence-corrected chi connectivity index (χ3v) is 3.45. The van der Waals surface area contributed by atoms with E-state index < -0.39 is 12.1 Å². The summed E-state index contributed by atoms with van der Waals surface area (Å²) >= 11 is 0. The normalized spacial score (nSPS) is 25.7. The maximum atomic E-state index is 12.4. The Morgan fingerprint density at radius 1 is 1.32 bits per heavy atom. The molecule has 0 spiro atoms. The molecule has 1 fully saturated rings. The maximum Gasteiger partial charge on any atom is 0.246 e.